The minimum absolute atomic E-state index is 0.0303. The van der Waals surface area contributed by atoms with E-state index < -0.39 is 33.7 Å². The Bertz CT molecular complexity index is 1220. The van der Waals surface area contributed by atoms with E-state index in [1.54, 1.807) is 24.3 Å². The zero-order valence-corrected chi connectivity index (χ0v) is 20.0. The second-order valence-electron chi connectivity index (χ2n) is 7.95. The quantitative estimate of drug-likeness (QED) is 0.578. The molecular formula is C23H24FN3O4S2. The van der Waals surface area contributed by atoms with Crippen LogP contribution < -0.4 is 10.0 Å². The molecular weight excluding hydrogens is 465 g/mol. The van der Waals surface area contributed by atoms with Gasteiger partial charge in [-0.15, -0.1) is 0 Å². The maximum atomic E-state index is 13.9. The molecule has 1 fully saturated rings. The van der Waals surface area contributed by atoms with E-state index in [1.165, 1.54) is 30.3 Å². The molecule has 0 bridgehead atoms. The standard InChI is InChI=1S/C23H24FN3O4S2/c1-14(2)12-19(21(28)27-33(30,31)17-10-8-15(3)9-11-17)25-23-26-22(29)20(32-23)13-16-6-4-5-7-18(16)24/h4-11,13-14,19H,12H2,1-3H3,(H,27,28)(H,25,26,29)/b20-13-/t19-/m0/s1. The van der Waals surface area contributed by atoms with Crippen molar-refractivity contribution in [1.82, 2.24) is 10.0 Å². The predicted octanol–water partition coefficient (Wildman–Crippen LogP) is 3.61. The van der Waals surface area contributed by atoms with Crippen LogP contribution in [0.4, 0.5) is 4.39 Å². The van der Waals surface area contributed by atoms with E-state index in [-0.39, 0.29) is 32.9 Å². The SMILES string of the molecule is Cc1ccc(S(=O)(=O)NC(=O)[C@H](CC(C)C)N=C2NC(=O)/C(=C/c3ccccc3F)S2)cc1. The first kappa shape index (κ1) is 24.7. The van der Waals surface area contributed by atoms with Crippen molar-refractivity contribution >= 4 is 44.8 Å². The number of rotatable bonds is 7. The van der Waals surface area contributed by atoms with Crippen LogP contribution in [-0.4, -0.2) is 31.4 Å². The second kappa shape index (κ2) is 10.3. The Morgan fingerprint density at radius 1 is 1.18 bits per heavy atom. The molecule has 33 heavy (non-hydrogen) atoms. The lowest BCUT2D eigenvalue weighted by Crippen LogP contribution is -2.39. The number of sulfonamides is 1. The van der Waals surface area contributed by atoms with E-state index in [4.69, 9.17) is 0 Å². The summed E-state index contributed by atoms with van der Waals surface area (Å²) < 4.78 is 41.2. The van der Waals surface area contributed by atoms with E-state index in [2.05, 4.69) is 15.0 Å². The monoisotopic (exact) mass is 489 g/mol. The Hall–Kier alpha value is -2.98. The van der Waals surface area contributed by atoms with Crippen LogP contribution in [0.5, 0.6) is 0 Å². The van der Waals surface area contributed by atoms with Gasteiger partial charge in [0.1, 0.15) is 11.9 Å². The van der Waals surface area contributed by atoms with Crippen LogP contribution in [0.2, 0.25) is 0 Å². The first-order chi connectivity index (χ1) is 15.5. The lowest BCUT2D eigenvalue weighted by Gasteiger charge is -2.16. The summed E-state index contributed by atoms with van der Waals surface area (Å²) >= 11 is 0.965. The average Bonchev–Trinajstić information content (AvgIpc) is 3.07. The van der Waals surface area contributed by atoms with E-state index in [1.807, 2.05) is 20.8 Å². The van der Waals surface area contributed by atoms with Crippen LogP contribution in [0.1, 0.15) is 31.4 Å². The number of benzene rings is 2. The molecule has 1 saturated heterocycles. The largest absolute Gasteiger partial charge is 0.301 e. The van der Waals surface area contributed by atoms with Gasteiger partial charge in [-0.3, -0.25) is 9.59 Å². The Morgan fingerprint density at radius 2 is 1.85 bits per heavy atom. The molecule has 1 heterocycles. The van der Waals surface area contributed by atoms with Crippen LogP contribution in [0.3, 0.4) is 0 Å². The summed E-state index contributed by atoms with van der Waals surface area (Å²) in [5.41, 5.74) is 1.13. The van der Waals surface area contributed by atoms with Crippen molar-refractivity contribution in [2.24, 2.45) is 10.9 Å². The number of hydrogen-bond donors (Lipinski definition) is 2. The number of hydrogen-bond acceptors (Lipinski definition) is 6. The van der Waals surface area contributed by atoms with Crippen molar-refractivity contribution in [3.8, 4) is 0 Å². The van der Waals surface area contributed by atoms with E-state index in [0.29, 0.717) is 0 Å². The number of halogens is 1. The van der Waals surface area contributed by atoms with Crippen LogP contribution >= 0.6 is 11.8 Å². The lowest BCUT2D eigenvalue weighted by atomic mass is 10.0. The van der Waals surface area contributed by atoms with Gasteiger partial charge in [0.05, 0.1) is 9.80 Å². The highest BCUT2D eigenvalue weighted by atomic mass is 32.2. The molecule has 0 aromatic heterocycles. The van der Waals surface area contributed by atoms with Gasteiger partial charge in [-0.05, 0) is 55.3 Å². The number of carbonyl (C=O) groups is 2. The van der Waals surface area contributed by atoms with Crippen molar-refractivity contribution in [2.75, 3.05) is 0 Å². The second-order valence-corrected chi connectivity index (χ2v) is 10.7. The third-order valence-electron chi connectivity index (χ3n) is 4.68. The molecule has 1 aliphatic rings. The molecule has 2 aromatic rings. The third kappa shape index (κ3) is 6.52. The Balaban J connectivity index is 1.81. The molecule has 0 aliphatic carbocycles. The fourth-order valence-corrected chi connectivity index (χ4v) is 4.88. The summed E-state index contributed by atoms with van der Waals surface area (Å²) in [6.45, 7) is 5.57. The van der Waals surface area contributed by atoms with E-state index in [0.717, 1.165) is 17.3 Å². The zero-order valence-electron chi connectivity index (χ0n) is 18.3. The molecule has 174 valence electrons. The fraction of sp³-hybridized carbons (Fsp3) is 0.261. The number of amides is 2. The van der Waals surface area contributed by atoms with Crippen LogP contribution in [0.15, 0.2) is 63.3 Å². The van der Waals surface area contributed by atoms with Gasteiger partial charge in [0, 0.05) is 5.56 Å². The molecule has 0 saturated carbocycles. The molecule has 3 rings (SSSR count). The zero-order chi connectivity index (χ0) is 24.2. The van der Waals surface area contributed by atoms with Gasteiger partial charge in [0.15, 0.2) is 5.17 Å². The molecule has 0 radical (unpaired) electrons. The van der Waals surface area contributed by atoms with Crippen molar-refractivity contribution in [3.63, 3.8) is 0 Å². The van der Waals surface area contributed by atoms with Gasteiger partial charge in [-0.1, -0.05) is 49.7 Å². The molecule has 1 atom stereocenters. The fourth-order valence-electron chi connectivity index (χ4n) is 3.00. The first-order valence-corrected chi connectivity index (χ1v) is 12.5. The average molecular weight is 490 g/mol. The maximum Gasteiger partial charge on any atom is 0.264 e. The highest BCUT2D eigenvalue weighted by Crippen LogP contribution is 2.27. The molecule has 2 aromatic carbocycles. The smallest absolute Gasteiger partial charge is 0.264 e. The number of aliphatic imine (C=N–C) groups is 1. The van der Waals surface area contributed by atoms with Gasteiger partial charge in [0.2, 0.25) is 0 Å². The van der Waals surface area contributed by atoms with Gasteiger partial charge in [-0.2, -0.15) is 0 Å². The lowest BCUT2D eigenvalue weighted by molar-refractivity contribution is -0.121. The first-order valence-electron chi connectivity index (χ1n) is 10.2. The summed E-state index contributed by atoms with van der Waals surface area (Å²) in [6, 6.07) is 11.1. The number of aryl methyl sites for hydroxylation is 1. The molecule has 2 amide bonds. The van der Waals surface area contributed by atoms with E-state index in [9.17, 15) is 22.4 Å². The topological polar surface area (TPSA) is 105 Å². The Kier molecular flexibility index (Phi) is 7.70. The van der Waals surface area contributed by atoms with Crippen LogP contribution in [0.25, 0.3) is 6.08 Å². The van der Waals surface area contributed by atoms with Gasteiger partial charge < -0.3 is 5.32 Å². The van der Waals surface area contributed by atoms with E-state index >= 15 is 0 Å². The number of carbonyl (C=O) groups excluding carboxylic acids is 2. The van der Waals surface area contributed by atoms with Crippen molar-refractivity contribution < 1.29 is 22.4 Å². The number of nitrogens with one attached hydrogen (secondary N) is 2. The number of thioether (sulfide) groups is 1. The minimum Gasteiger partial charge on any atom is -0.301 e. The highest BCUT2D eigenvalue weighted by Gasteiger charge is 2.29. The van der Waals surface area contributed by atoms with Crippen LogP contribution in [0, 0.1) is 18.7 Å². The van der Waals surface area contributed by atoms with Crippen molar-refractivity contribution in [3.05, 3.63) is 70.4 Å². The van der Waals surface area contributed by atoms with Gasteiger partial charge in [0.25, 0.3) is 21.8 Å². The third-order valence-corrected chi connectivity index (χ3v) is 6.97. The summed E-state index contributed by atoms with van der Waals surface area (Å²) in [5.74, 6) is -1.71. The van der Waals surface area contributed by atoms with Gasteiger partial charge >= 0.3 is 0 Å². The minimum atomic E-state index is -4.07. The Morgan fingerprint density at radius 3 is 2.48 bits per heavy atom. The predicted molar refractivity (Wildman–Crippen MR) is 127 cm³/mol. The summed E-state index contributed by atoms with van der Waals surface area (Å²) in [5, 5.41) is 2.71. The molecule has 2 N–H and O–H groups in total. The molecule has 10 heteroatoms. The maximum absolute atomic E-state index is 13.9. The normalized spacial score (nSPS) is 17.4. The molecule has 0 unspecified atom stereocenters. The Labute approximate surface area is 196 Å². The van der Waals surface area contributed by atoms with Crippen molar-refractivity contribution in [2.45, 2.75) is 38.1 Å². The summed E-state index contributed by atoms with van der Waals surface area (Å²) in [4.78, 5) is 29.6. The number of nitrogens with zero attached hydrogens (tertiary/aromatic N) is 1. The van der Waals surface area contributed by atoms with Crippen LogP contribution in [-0.2, 0) is 19.6 Å². The molecule has 1 aliphatic heterocycles. The highest BCUT2D eigenvalue weighted by molar-refractivity contribution is 8.18. The van der Waals surface area contributed by atoms with Crippen molar-refractivity contribution in [1.29, 1.82) is 0 Å². The summed E-state index contributed by atoms with van der Waals surface area (Å²) in [7, 11) is -4.07. The molecule has 7 nitrogen and oxygen atoms in total. The summed E-state index contributed by atoms with van der Waals surface area (Å²) in [6.07, 6.45) is 1.67. The van der Waals surface area contributed by atoms with Gasteiger partial charge in [-0.25, -0.2) is 22.5 Å². The number of amidine groups is 1. The molecule has 0 spiro atoms.